The Morgan fingerprint density at radius 2 is 1.73 bits per heavy atom. The number of hydrogen-bond acceptors (Lipinski definition) is 3. The average molecular weight is 400 g/mol. The van der Waals surface area contributed by atoms with E-state index in [1.54, 1.807) is 24.1 Å². The smallest absolute Gasteiger partial charge is 0.228 e. The molecule has 0 unspecified atom stereocenters. The number of benzene rings is 3. The van der Waals surface area contributed by atoms with Crippen molar-refractivity contribution in [1.82, 2.24) is 0 Å². The van der Waals surface area contributed by atoms with E-state index in [-0.39, 0.29) is 18.2 Å². The molecule has 3 aromatic rings. The molecule has 152 valence electrons. The lowest BCUT2D eigenvalue weighted by Crippen LogP contribution is -2.24. The summed E-state index contributed by atoms with van der Waals surface area (Å²) in [5.74, 6) is 0.578. The van der Waals surface area contributed by atoms with Gasteiger partial charge < -0.3 is 15.0 Å². The van der Waals surface area contributed by atoms with Crippen LogP contribution >= 0.6 is 0 Å². The van der Waals surface area contributed by atoms with Gasteiger partial charge in [-0.1, -0.05) is 54.6 Å². The molecule has 4 rings (SSSR count). The molecule has 0 bridgehead atoms. The topological polar surface area (TPSA) is 58.6 Å². The molecule has 1 saturated heterocycles. The Kier molecular flexibility index (Phi) is 5.80. The monoisotopic (exact) mass is 400 g/mol. The van der Waals surface area contributed by atoms with Gasteiger partial charge in [-0.05, 0) is 35.2 Å². The zero-order valence-electron chi connectivity index (χ0n) is 16.9. The fourth-order valence-corrected chi connectivity index (χ4v) is 3.72. The van der Waals surface area contributed by atoms with Crippen molar-refractivity contribution < 1.29 is 14.3 Å². The Labute approximate surface area is 176 Å². The zero-order chi connectivity index (χ0) is 20.9. The molecule has 1 N–H and O–H groups in total. The molecule has 0 aliphatic carbocycles. The Morgan fingerprint density at radius 3 is 2.40 bits per heavy atom. The highest BCUT2D eigenvalue weighted by Crippen LogP contribution is 2.33. The van der Waals surface area contributed by atoms with E-state index in [4.69, 9.17) is 4.74 Å². The van der Waals surface area contributed by atoms with Gasteiger partial charge in [-0.15, -0.1) is 0 Å². The third-order valence-electron chi connectivity index (χ3n) is 5.25. The van der Waals surface area contributed by atoms with Crippen LogP contribution in [0.4, 0.5) is 11.4 Å². The van der Waals surface area contributed by atoms with Crippen LogP contribution in [0, 0.1) is 0 Å². The Balaban J connectivity index is 1.42. The maximum Gasteiger partial charge on any atom is 0.228 e. The molecule has 0 saturated carbocycles. The predicted molar refractivity (Wildman–Crippen MR) is 119 cm³/mol. The molecular weight excluding hydrogens is 376 g/mol. The first-order valence-electron chi connectivity index (χ1n) is 10.1. The quantitative estimate of drug-likeness (QED) is 0.654. The number of ether oxygens (including phenoxy) is 1. The van der Waals surface area contributed by atoms with Crippen molar-refractivity contribution in [2.75, 3.05) is 23.9 Å². The molecule has 3 aromatic carbocycles. The van der Waals surface area contributed by atoms with Crippen LogP contribution in [0.15, 0.2) is 72.8 Å². The number of amides is 2. The van der Waals surface area contributed by atoms with Gasteiger partial charge >= 0.3 is 0 Å². The van der Waals surface area contributed by atoms with E-state index in [9.17, 15) is 9.59 Å². The molecule has 5 nitrogen and oxygen atoms in total. The maximum absolute atomic E-state index is 12.5. The van der Waals surface area contributed by atoms with Crippen molar-refractivity contribution in [2.24, 2.45) is 0 Å². The number of rotatable bonds is 6. The van der Waals surface area contributed by atoms with Gasteiger partial charge in [0.2, 0.25) is 11.8 Å². The molecule has 2 amide bonds. The number of anilines is 2. The number of carbonyl (C=O) groups excluding carboxylic acids is 2. The van der Waals surface area contributed by atoms with Crippen LogP contribution in [0.1, 0.15) is 18.4 Å². The molecule has 1 aliphatic rings. The normalized spacial score (nSPS) is 13.4. The van der Waals surface area contributed by atoms with E-state index in [0.717, 1.165) is 28.8 Å². The van der Waals surface area contributed by atoms with Gasteiger partial charge in [-0.2, -0.15) is 0 Å². The minimum Gasteiger partial charge on any atom is -0.494 e. The highest BCUT2D eigenvalue weighted by molar-refractivity contribution is 5.98. The maximum atomic E-state index is 12.5. The highest BCUT2D eigenvalue weighted by atomic mass is 16.5. The van der Waals surface area contributed by atoms with E-state index in [1.807, 2.05) is 48.5 Å². The molecule has 1 fully saturated rings. The fourth-order valence-electron chi connectivity index (χ4n) is 3.72. The summed E-state index contributed by atoms with van der Waals surface area (Å²) in [6.07, 6.45) is 1.69. The van der Waals surface area contributed by atoms with Gasteiger partial charge in [-0.3, -0.25) is 9.59 Å². The summed E-state index contributed by atoms with van der Waals surface area (Å²) in [6, 6.07) is 23.5. The molecular formula is C25H24N2O3. The highest BCUT2D eigenvalue weighted by Gasteiger charge is 2.24. The minimum absolute atomic E-state index is 0.101. The number of nitrogens with zero attached hydrogens (tertiary/aromatic N) is 1. The number of carbonyl (C=O) groups is 2. The summed E-state index contributed by atoms with van der Waals surface area (Å²) >= 11 is 0. The van der Waals surface area contributed by atoms with Gasteiger partial charge in [-0.25, -0.2) is 0 Å². The molecule has 1 heterocycles. The first-order valence-corrected chi connectivity index (χ1v) is 10.1. The first kappa shape index (κ1) is 19.7. The average Bonchev–Trinajstić information content (AvgIpc) is 3.20. The zero-order valence-corrected chi connectivity index (χ0v) is 16.9. The van der Waals surface area contributed by atoms with Gasteiger partial charge in [0.1, 0.15) is 5.75 Å². The van der Waals surface area contributed by atoms with Crippen molar-refractivity contribution >= 4 is 23.2 Å². The molecule has 0 radical (unpaired) electrons. The summed E-state index contributed by atoms with van der Waals surface area (Å²) in [5, 5.41) is 2.92. The van der Waals surface area contributed by atoms with Crippen molar-refractivity contribution in [1.29, 1.82) is 0 Å². The van der Waals surface area contributed by atoms with Crippen LogP contribution in [0.25, 0.3) is 11.1 Å². The van der Waals surface area contributed by atoms with Crippen LogP contribution in [0.3, 0.4) is 0 Å². The molecule has 0 spiro atoms. The summed E-state index contributed by atoms with van der Waals surface area (Å²) in [5.41, 5.74) is 4.61. The largest absolute Gasteiger partial charge is 0.494 e. The van der Waals surface area contributed by atoms with Crippen molar-refractivity contribution in [2.45, 2.75) is 19.3 Å². The lowest BCUT2D eigenvalue weighted by Gasteiger charge is -2.19. The fraction of sp³-hybridized carbons (Fsp3) is 0.200. The Hall–Kier alpha value is -3.60. The van der Waals surface area contributed by atoms with Crippen LogP contribution in [0.2, 0.25) is 0 Å². The van der Waals surface area contributed by atoms with E-state index >= 15 is 0 Å². The van der Waals surface area contributed by atoms with E-state index in [0.29, 0.717) is 24.4 Å². The first-order chi connectivity index (χ1) is 14.6. The van der Waals surface area contributed by atoms with Crippen molar-refractivity contribution in [3.05, 3.63) is 78.4 Å². The van der Waals surface area contributed by atoms with Crippen molar-refractivity contribution in [3.8, 4) is 16.9 Å². The SMILES string of the molecule is COc1cc(NC(=O)Cc2ccc(-c3ccccc3)cc2)ccc1N1CCCC1=O. The Bertz CT molecular complexity index is 1050. The summed E-state index contributed by atoms with van der Waals surface area (Å²) in [7, 11) is 1.57. The third-order valence-corrected chi connectivity index (χ3v) is 5.25. The van der Waals surface area contributed by atoms with Gasteiger partial charge in [0.25, 0.3) is 0 Å². The molecule has 5 heteroatoms. The second-order valence-electron chi connectivity index (χ2n) is 7.32. The lowest BCUT2D eigenvalue weighted by molar-refractivity contribution is -0.117. The van der Waals surface area contributed by atoms with E-state index < -0.39 is 0 Å². The predicted octanol–water partition coefficient (Wildman–Crippen LogP) is 4.67. The summed E-state index contributed by atoms with van der Waals surface area (Å²) < 4.78 is 5.46. The van der Waals surface area contributed by atoms with Gasteiger partial charge in [0.15, 0.2) is 0 Å². The standard InChI is InChI=1S/C25H24N2O3/c1-30-23-17-21(13-14-22(23)27-15-5-8-25(27)29)26-24(28)16-18-9-11-20(12-10-18)19-6-3-2-4-7-19/h2-4,6-7,9-14,17H,5,8,15-16H2,1H3,(H,26,28). The number of nitrogens with one attached hydrogen (secondary N) is 1. The van der Waals surface area contributed by atoms with E-state index in [2.05, 4.69) is 17.4 Å². The number of hydrogen-bond donors (Lipinski definition) is 1. The molecule has 0 aromatic heterocycles. The van der Waals surface area contributed by atoms with Crippen LogP contribution in [0.5, 0.6) is 5.75 Å². The minimum atomic E-state index is -0.102. The molecule has 1 aliphatic heterocycles. The molecule has 30 heavy (non-hydrogen) atoms. The van der Waals surface area contributed by atoms with Crippen LogP contribution in [-0.4, -0.2) is 25.5 Å². The van der Waals surface area contributed by atoms with Gasteiger partial charge in [0.05, 0.1) is 19.2 Å². The number of methoxy groups -OCH3 is 1. The lowest BCUT2D eigenvalue weighted by atomic mass is 10.0. The van der Waals surface area contributed by atoms with Crippen LogP contribution < -0.4 is 15.0 Å². The van der Waals surface area contributed by atoms with Crippen molar-refractivity contribution in [3.63, 3.8) is 0 Å². The van der Waals surface area contributed by atoms with E-state index in [1.165, 1.54) is 0 Å². The Morgan fingerprint density at radius 1 is 1.00 bits per heavy atom. The van der Waals surface area contributed by atoms with Crippen LogP contribution in [-0.2, 0) is 16.0 Å². The summed E-state index contributed by atoms with van der Waals surface area (Å²) in [4.78, 5) is 26.3. The van der Waals surface area contributed by atoms with Gasteiger partial charge in [0, 0.05) is 24.7 Å². The second kappa shape index (κ2) is 8.82. The second-order valence-corrected chi connectivity index (χ2v) is 7.32. The molecule has 0 atom stereocenters. The summed E-state index contributed by atoms with van der Waals surface area (Å²) in [6.45, 7) is 0.694. The third kappa shape index (κ3) is 4.35.